The van der Waals surface area contributed by atoms with Crippen molar-refractivity contribution in [1.29, 1.82) is 0 Å². The van der Waals surface area contributed by atoms with E-state index < -0.39 is 16.1 Å². The summed E-state index contributed by atoms with van der Waals surface area (Å²) in [5, 5.41) is 3.07. The minimum Gasteiger partial charge on any atom is -0.496 e. The van der Waals surface area contributed by atoms with Crippen LogP contribution >= 0.6 is 0 Å². The highest BCUT2D eigenvalue weighted by Gasteiger charge is 2.38. The summed E-state index contributed by atoms with van der Waals surface area (Å²) < 4.78 is 40.4. The van der Waals surface area contributed by atoms with E-state index in [0.717, 1.165) is 22.4 Å². The largest absolute Gasteiger partial charge is 0.496 e. The summed E-state index contributed by atoms with van der Waals surface area (Å²) in [4.78, 5) is 13.7. The van der Waals surface area contributed by atoms with Gasteiger partial charge >= 0.3 is 0 Å². The maximum Gasteiger partial charge on any atom is 0.264 e. The molecule has 0 radical (unpaired) electrons. The van der Waals surface area contributed by atoms with Crippen LogP contribution in [0.1, 0.15) is 56.8 Å². The molecule has 1 aliphatic rings. The predicted octanol–water partition coefficient (Wildman–Crippen LogP) is 5.52. The van der Waals surface area contributed by atoms with Crippen molar-refractivity contribution in [2.75, 3.05) is 18.0 Å². The average molecular weight is 537 g/mol. The van der Waals surface area contributed by atoms with Gasteiger partial charge in [-0.1, -0.05) is 64.1 Å². The number of methoxy groups -OCH3 is 1. The number of anilines is 1. The number of benzene rings is 3. The molecule has 8 heteroatoms. The van der Waals surface area contributed by atoms with Crippen LogP contribution in [0, 0.1) is 6.92 Å². The molecule has 3 aromatic rings. The van der Waals surface area contributed by atoms with E-state index >= 15 is 0 Å². The zero-order chi connectivity index (χ0) is 27.7. The third kappa shape index (κ3) is 5.50. The Morgan fingerprint density at radius 1 is 1.11 bits per heavy atom. The van der Waals surface area contributed by atoms with E-state index in [1.54, 1.807) is 43.5 Å². The highest BCUT2D eigenvalue weighted by atomic mass is 32.2. The lowest BCUT2D eigenvalue weighted by atomic mass is 9.86. The van der Waals surface area contributed by atoms with Crippen LogP contribution in [0.15, 0.2) is 71.6 Å². The first-order chi connectivity index (χ1) is 18.0. The lowest BCUT2D eigenvalue weighted by molar-refractivity contribution is -0.128. The molecule has 202 valence electrons. The number of sulfonamides is 1. The molecule has 0 aliphatic carbocycles. The van der Waals surface area contributed by atoms with Crippen molar-refractivity contribution >= 4 is 21.6 Å². The summed E-state index contributed by atoms with van der Waals surface area (Å²) in [5.74, 6) is 0.764. The number of hydrogen-bond acceptors (Lipinski definition) is 5. The van der Waals surface area contributed by atoms with Gasteiger partial charge in [-0.05, 0) is 65.8 Å². The topological polar surface area (TPSA) is 84.9 Å². The van der Waals surface area contributed by atoms with E-state index in [1.165, 1.54) is 4.31 Å². The van der Waals surface area contributed by atoms with E-state index in [2.05, 4.69) is 26.1 Å². The number of carbonyl (C=O) groups excluding carboxylic acids is 1. The lowest BCUT2D eigenvalue weighted by Gasteiger charge is -2.36. The summed E-state index contributed by atoms with van der Waals surface area (Å²) in [7, 11) is -2.32. The van der Waals surface area contributed by atoms with Gasteiger partial charge < -0.3 is 14.8 Å². The number of aryl methyl sites for hydroxylation is 1. The van der Waals surface area contributed by atoms with Crippen molar-refractivity contribution in [3.63, 3.8) is 0 Å². The fourth-order valence-corrected chi connectivity index (χ4v) is 6.09. The van der Waals surface area contributed by atoms with Crippen LogP contribution in [0.5, 0.6) is 11.5 Å². The second kappa shape index (κ2) is 10.7. The highest BCUT2D eigenvalue weighted by molar-refractivity contribution is 7.92. The molecule has 38 heavy (non-hydrogen) atoms. The summed E-state index contributed by atoms with van der Waals surface area (Å²) in [6.45, 7) is 10.0. The van der Waals surface area contributed by atoms with Crippen molar-refractivity contribution in [3.05, 3.63) is 83.4 Å². The zero-order valence-electron chi connectivity index (χ0n) is 22.8. The van der Waals surface area contributed by atoms with Crippen LogP contribution in [-0.2, 0) is 20.2 Å². The molecule has 4 rings (SSSR count). The van der Waals surface area contributed by atoms with Gasteiger partial charge in [0.15, 0.2) is 6.10 Å². The third-order valence-electron chi connectivity index (χ3n) is 6.86. The average Bonchev–Trinajstić information content (AvgIpc) is 2.90. The van der Waals surface area contributed by atoms with Crippen LogP contribution in [0.25, 0.3) is 0 Å². The normalized spacial score (nSPS) is 16.3. The van der Waals surface area contributed by atoms with Crippen molar-refractivity contribution in [2.24, 2.45) is 0 Å². The van der Waals surface area contributed by atoms with Crippen LogP contribution in [0.4, 0.5) is 5.69 Å². The maximum absolute atomic E-state index is 13.8. The van der Waals surface area contributed by atoms with Gasteiger partial charge in [0.05, 0.1) is 30.3 Å². The van der Waals surface area contributed by atoms with E-state index in [1.807, 2.05) is 44.2 Å². The molecule has 1 heterocycles. The van der Waals surface area contributed by atoms with E-state index in [4.69, 9.17) is 9.47 Å². The van der Waals surface area contributed by atoms with E-state index in [0.29, 0.717) is 17.9 Å². The smallest absolute Gasteiger partial charge is 0.264 e. The molecule has 3 aromatic carbocycles. The number of amides is 1. The van der Waals surface area contributed by atoms with Crippen molar-refractivity contribution in [3.8, 4) is 11.5 Å². The fraction of sp³-hybridized carbons (Fsp3) is 0.367. The molecular formula is C30H36N2O5S. The van der Waals surface area contributed by atoms with Gasteiger partial charge in [-0.15, -0.1) is 0 Å². The highest BCUT2D eigenvalue weighted by Crippen LogP contribution is 2.40. The number of ether oxygens (including phenoxy) is 2. The van der Waals surface area contributed by atoms with Crippen LogP contribution in [0.2, 0.25) is 0 Å². The first-order valence-corrected chi connectivity index (χ1v) is 14.2. The van der Waals surface area contributed by atoms with Crippen LogP contribution in [0.3, 0.4) is 0 Å². The monoisotopic (exact) mass is 536 g/mol. The minimum absolute atomic E-state index is 0.137. The number of nitrogens with zero attached hydrogens (tertiary/aromatic N) is 1. The first-order valence-electron chi connectivity index (χ1n) is 12.8. The number of carbonyl (C=O) groups is 1. The molecule has 0 spiro atoms. The Labute approximate surface area is 225 Å². The van der Waals surface area contributed by atoms with E-state index in [-0.39, 0.29) is 28.8 Å². The molecule has 0 bridgehead atoms. The molecule has 2 atom stereocenters. The Morgan fingerprint density at radius 2 is 1.82 bits per heavy atom. The summed E-state index contributed by atoms with van der Waals surface area (Å²) in [6, 6.07) is 19.3. The molecule has 1 aliphatic heterocycles. The lowest BCUT2D eigenvalue weighted by Crippen LogP contribution is -2.51. The molecular weight excluding hydrogens is 500 g/mol. The molecule has 1 amide bonds. The van der Waals surface area contributed by atoms with Gasteiger partial charge in [0, 0.05) is 0 Å². The molecule has 0 fully saturated rings. The quantitative estimate of drug-likeness (QED) is 0.430. The van der Waals surface area contributed by atoms with Crippen molar-refractivity contribution in [1.82, 2.24) is 5.32 Å². The Kier molecular flexibility index (Phi) is 7.74. The Morgan fingerprint density at radius 3 is 2.42 bits per heavy atom. The van der Waals surface area contributed by atoms with Crippen LogP contribution in [-0.4, -0.2) is 34.1 Å². The van der Waals surface area contributed by atoms with E-state index in [9.17, 15) is 13.2 Å². The number of nitrogens with one attached hydrogen (secondary N) is 1. The SMILES string of the molecule is CC[C@H](NC(=O)[C@H]1CN(S(=O)(=O)c2ccccc2)c2cc(C(C)(C)C)ccc2O1)c1ccc(OC)c(C)c1. The van der Waals surface area contributed by atoms with Gasteiger partial charge in [-0.25, -0.2) is 8.42 Å². The number of fused-ring (bicyclic) bond motifs is 1. The first kappa shape index (κ1) is 27.5. The second-order valence-electron chi connectivity index (χ2n) is 10.6. The molecule has 7 nitrogen and oxygen atoms in total. The predicted molar refractivity (Wildman–Crippen MR) is 149 cm³/mol. The van der Waals surface area contributed by atoms with Crippen molar-refractivity contribution < 1.29 is 22.7 Å². The van der Waals surface area contributed by atoms with Crippen molar-refractivity contribution in [2.45, 2.75) is 63.5 Å². The van der Waals surface area contributed by atoms with Gasteiger partial charge in [-0.3, -0.25) is 9.10 Å². The number of rotatable bonds is 7. The number of hydrogen-bond donors (Lipinski definition) is 1. The van der Waals surface area contributed by atoms with Gasteiger partial charge in [0.2, 0.25) is 0 Å². The van der Waals surface area contributed by atoms with Crippen LogP contribution < -0.4 is 19.1 Å². The Balaban J connectivity index is 1.68. The molecule has 0 saturated carbocycles. The standard InChI is InChI=1S/C30H36N2O5S/c1-7-24(21-13-15-26(36-6)20(2)17-21)31-29(33)28-19-32(38(34,35)23-11-9-8-10-12-23)25-18-22(30(3,4)5)14-16-27(25)37-28/h8-18,24,28H,7,19H2,1-6H3,(H,31,33)/t24-,28+/m0/s1. The third-order valence-corrected chi connectivity index (χ3v) is 8.66. The Hall–Kier alpha value is -3.52. The molecule has 0 unspecified atom stereocenters. The second-order valence-corrected chi connectivity index (χ2v) is 12.4. The van der Waals surface area contributed by atoms with Gasteiger partial charge in [0.1, 0.15) is 11.5 Å². The molecule has 0 saturated heterocycles. The molecule has 1 N–H and O–H groups in total. The summed E-state index contributed by atoms with van der Waals surface area (Å²) >= 11 is 0. The Bertz CT molecular complexity index is 1410. The van der Waals surface area contributed by atoms with Gasteiger partial charge in [-0.2, -0.15) is 0 Å². The summed E-state index contributed by atoms with van der Waals surface area (Å²) in [6.07, 6.45) is -0.364. The minimum atomic E-state index is -3.94. The van der Waals surface area contributed by atoms with Gasteiger partial charge in [0.25, 0.3) is 15.9 Å². The molecule has 0 aromatic heterocycles. The zero-order valence-corrected chi connectivity index (χ0v) is 23.6. The summed E-state index contributed by atoms with van der Waals surface area (Å²) in [5.41, 5.74) is 3.12. The maximum atomic E-state index is 13.8. The fourth-order valence-electron chi connectivity index (χ4n) is 4.61.